The number of nitrogen functional groups attached to an aromatic ring is 1. The van der Waals surface area contributed by atoms with E-state index in [0.29, 0.717) is 18.2 Å². The summed E-state index contributed by atoms with van der Waals surface area (Å²) in [5.74, 6) is 0. The first-order chi connectivity index (χ1) is 8.97. The third-order valence-electron chi connectivity index (χ3n) is 2.44. The Labute approximate surface area is 119 Å². The van der Waals surface area contributed by atoms with E-state index in [0.717, 1.165) is 12.8 Å². The summed E-state index contributed by atoms with van der Waals surface area (Å²) in [5.41, 5.74) is 5.77. The second-order valence-corrected chi connectivity index (χ2v) is 6.22. The van der Waals surface area contributed by atoms with Gasteiger partial charge in [0, 0.05) is 18.2 Å². The summed E-state index contributed by atoms with van der Waals surface area (Å²) in [7, 11) is -3.61. The van der Waals surface area contributed by atoms with E-state index in [1.807, 2.05) is 0 Å². The highest BCUT2D eigenvalue weighted by Crippen LogP contribution is 2.21. The molecule has 0 spiro atoms. The predicted molar refractivity (Wildman–Crippen MR) is 76.8 cm³/mol. The van der Waals surface area contributed by atoms with Gasteiger partial charge in [0.15, 0.2) is 0 Å². The molecule has 0 unspecified atom stereocenters. The van der Waals surface area contributed by atoms with Crippen LogP contribution in [0.5, 0.6) is 0 Å². The van der Waals surface area contributed by atoms with Gasteiger partial charge in [-0.1, -0.05) is 24.9 Å². The molecule has 19 heavy (non-hydrogen) atoms. The fourth-order valence-electron chi connectivity index (χ4n) is 1.44. The van der Waals surface area contributed by atoms with Crippen LogP contribution in [0.2, 0.25) is 5.02 Å². The van der Waals surface area contributed by atoms with Gasteiger partial charge in [-0.2, -0.15) is 0 Å². The molecule has 0 aliphatic rings. The third kappa shape index (κ3) is 5.36. The van der Waals surface area contributed by atoms with Crippen LogP contribution in [-0.4, -0.2) is 28.2 Å². The molecule has 1 aromatic rings. The Hall–Kier alpha value is -0.820. The maximum Gasteiger partial charge on any atom is 0.242 e. The number of hydrogen-bond acceptors (Lipinski definition) is 4. The zero-order valence-corrected chi connectivity index (χ0v) is 12.4. The number of ether oxygens (including phenoxy) is 1. The lowest BCUT2D eigenvalue weighted by atomic mass is 10.3. The minimum atomic E-state index is -3.61. The highest BCUT2D eigenvalue weighted by atomic mass is 35.5. The van der Waals surface area contributed by atoms with Crippen molar-refractivity contribution in [3.63, 3.8) is 0 Å². The number of nitrogens with one attached hydrogen (secondary N) is 1. The lowest BCUT2D eigenvalue weighted by Gasteiger charge is -2.09. The van der Waals surface area contributed by atoms with E-state index in [4.69, 9.17) is 22.1 Å². The fourth-order valence-corrected chi connectivity index (χ4v) is 2.74. The smallest absolute Gasteiger partial charge is 0.242 e. The lowest BCUT2D eigenvalue weighted by molar-refractivity contribution is 0.136. The highest BCUT2D eigenvalue weighted by molar-refractivity contribution is 7.89. The van der Waals surface area contributed by atoms with Gasteiger partial charge in [-0.25, -0.2) is 13.1 Å². The number of halogens is 1. The topological polar surface area (TPSA) is 81.4 Å². The van der Waals surface area contributed by atoms with Crippen LogP contribution >= 0.6 is 11.6 Å². The number of unbranched alkanes of at least 4 members (excludes halogenated alkanes) is 1. The summed E-state index contributed by atoms with van der Waals surface area (Å²) in [6.07, 6.45) is 2.02. The van der Waals surface area contributed by atoms with Gasteiger partial charge in [-0.3, -0.25) is 0 Å². The number of rotatable bonds is 8. The molecule has 5 nitrogen and oxygen atoms in total. The molecular weight excluding hydrogens is 288 g/mol. The van der Waals surface area contributed by atoms with Crippen molar-refractivity contribution in [2.24, 2.45) is 0 Å². The van der Waals surface area contributed by atoms with Crippen LogP contribution in [0.25, 0.3) is 0 Å². The van der Waals surface area contributed by atoms with Gasteiger partial charge in [0.1, 0.15) is 4.90 Å². The van der Waals surface area contributed by atoms with E-state index in [-0.39, 0.29) is 17.1 Å². The number of anilines is 1. The number of sulfonamides is 1. The average Bonchev–Trinajstić information content (AvgIpc) is 2.33. The second kappa shape index (κ2) is 7.69. The third-order valence-corrected chi connectivity index (χ3v) is 4.21. The van der Waals surface area contributed by atoms with Crippen LogP contribution in [0, 0.1) is 0 Å². The largest absolute Gasteiger partial charge is 0.398 e. The number of nitrogens with two attached hydrogens (primary N) is 1. The Kier molecular flexibility index (Phi) is 6.57. The van der Waals surface area contributed by atoms with Crippen LogP contribution in [0.4, 0.5) is 5.69 Å². The summed E-state index contributed by atoms with van der Waals surface area (Å²) in [4.78, 5) is 0.0328. The van der Waals surface area contributed by atoms with Crippen molar-refractivity contribution in [1.82, 2.24) is 4.72 Å². The molecule has 0 saturated heterocycles. The summed E-state index contributed by atoms with van der Waals surface area (Å²) >= 11 is 5.73. The molecule has 0 aromatic heterocycles. The Morgan fingerprint density at radius 1 is 1.37 bits per heavy atom. The van der Waals surface area contributed by atoms with E-state index in [9.17, 15) is 8.42 Å². The van der Waals surface area contributed by atoms with E-state index in [1.54, 1.807) is 0 Å². The van der Waals surface area contributed by atoms with Crippen molar-refractivity contribution in [3.8, 4) is 0 Å². The maximum atomic E-state index is 12.0. The van der Waals surface area contributed by atoms with Gasteiger partial charge in [0.25, 0.3) is 0 Å². The molecule has 7 heteroatoms. The van der Waals surface area contributed by atoms with Gasteiger partial charge >= 0.3 is 0 Å². The maximum absolute atomic E-state index is 12.0. The van der Waals surface area contributed by atoms with E-state index < -0.39 is 10.0 Å². The molecule has 0 amide bonds. The zero-order valence-electron chi connectivity index (χ0n) is 10.9. The van der Waals surface area contributed by atoms with Gasteiger partial charge in [-0.05, 0) is 24.6 Å². The molecule has 0 aliphatic heterocycles. The zero-order chi connectivity index (χ0) is 14.3. The molecule has 0 bridgehead atoms. The van der Waals surface area contributed by atoms with Gasteiger partial charge in [-0.15, -0.1) is 0 Å². The summed E-state index contributed by atoms with van der Waals surface area (Å²) in [6.45, 7) is 3.26. The Balaban J connectivity index is 2.52. The summed E-state index contributed by atoms with van der Waals surface area (Å²) in [5, 5.41) is 0.402. The van der Waals surface area contributed by atoms with Crippen LogP contribution < -0.4 is 10.5 Å². The average molecular weight is 307 g/mol. The minimum Gasteiger partial charge on any atom is -0.398 e. The van der Waals surface area contributed by atoms with Gasteiger partial charge in [0.05, 0.1) is 12.3 Å². The highest BCUT2D eigenvalue weighted by Gasteiger charge is 2.16. The fraction of sp³-hybridized carbons (Fsp3) is 0.500. The van der Waals surface area contributed by atoms with Crippen molar-refractivity contribution in [2.45, 2.75) is 24.7 Å². The Bertz CT molecular complexity index is 506. The lowest BCUT2D eigenvalue weighted by Crippen LogP contribution is -2.28. The number of benzene rings is 1. The monoisotopic (exact) mass is 306 g/mol. The quantitative estimate of drug-likeness (QED) is 0.568. The molecule has 0 heterocycles. The van der Waals surface area contributed by atoms with Crippen molar-refractivity contribution in [1.29, 1.82) is 0 Å². The Morgan fingerprint density at radius 3 is 2.74 bits per heavy atom. The molecule has 0 aliphatic carbocycles. The first-order valence-electron chi connectivity index (χ1n) is 6.10. The van der Waals surface area contributed by atoms with Crippen LogP contribution in [-0.2, 0) is 14.8 Å². The van der Waals surface area contributed by atoms with Crippen molar-refractivity contribution < 1.29 is 13.2 Å². The standard InChI is InChI=1S/C12H19ClN2O3S/c1-2-3-7-18-8-6-15-19(16,17)12-5-4-10(13)9-11(12)14/h4-5,9,15H,2-3,6-8,14H2,1H3. The van der Waals surface area contributed by atoms with Gasteiger partial charge < -0.3 is 10.5 Å². The van der Waals surface area contributed by atoms with Crippen LogP contribution in [0.15, 0.2) is 23.1 Å². The predicted octanol–water partition coefficient (Wildman–Crippen LogP) is 2.02. The number of hydrogen-bond donors (Lipinski definition) is 2. The summed E-state index contributed by atoms with van der Waals surface area (Å²) < 4.78 is 31.6. The molecule has 0 atom stereocenters. The molecule has 3 N–H and O–H groups in total. The molecule has 0 fully saturated rings. The molecule has 0 radical (unpaired) electrons. The second-order valence-electron chi connectivity index (χ2n) is 4.05. The molecule has 1 aromatic carbocycles. The van der Waals surface area contributed by atoms with E-state index in [2.05, 4.69) is 11.6 Å². The Morgan fingerprint density at radius 2 is 2.11 bits per heavy atom. The normalized spacial score (nSPS) is 11.7. The van der Waals surface area contributed by atoms with Crippen LogP contribution in [0.1, 0.15) is 19.8 Å². The van der Waals surface area contributed by atoms with Gasteiger partial charge in [0.2, 0.25) is 10.0 Å². The van der Waals surface area contributed by atoms with Crippen molar-refractivity contribution >= 4 is 27.3 Å². The molecule has 1 rings (SSSR count). The first-order valence-corrected chi connectivity index (χ1v) is 7.96. The van der Waals surface area contributed by atoms with Crippen molar-refractivity contribution in [3.05, 3.63) is 23.2 Å². The van der Waals surface area contributed by atoms with E-state index >= 15 is 0 Å². The molecule has 108 valence electrons. The minimum absolute atomic E-state index is 0.0328. The molecular formula is C12H19ClN2O3S. The van der Waals surface area contributed by atoms with E-state index in [1.165, 1.54) is 18.2 Å². The summed E-state index contributed by atoms with van der Waals surface area (Å²) in [6, 6.07) is 4.29. The molecule has 0 saturated carbocycles. The first kappa shape index (κ1) is 16.2. The SMILES string of the molecule is CCCCOCCNS(=O)(=O)c1ccc(Cl)cc1N. The van der Waals surface area contributed by atoms with Crippen LogP contribution in [0.3, 0.4) is 0 Å². The van der Waals surface area contributed by atoms with Crippen molar-refractivity contribution in [2.75, 3.05) is 25.5 Å².